The van der Waals surface area contributed by atoms with Crippen molar-refractivity contribution in [2.45, 2.75) is 32.4 Å². The summed E-state index contributed by atoms with van der Waals surface area (Å²) in [5.41, 5.74) is 0.554. The van der Waals surface area contributed by atoms with Crippen molar-refractivity contribution in [2.24, 2.45) is 0 Å². The molecule has 1 unspecified atom stereocenters. The van der Waals surface area contributed by atoms with Crippen molar-refractivity contribution in [1.29, 1.82) is 0 Å². The molecule has 1 aliphatic rings. The Morgan fingerprint density at radius 3 is 2.59 bits per heavy atom. The molecule has 0 spiro atoms. The van der Waals surface area contributed by atoms with Crippen LogP contribution < -0.4 is 10.6 Å². The minimum Gasteiger partial charge on any atom is -0.451 e. The van der Waals surface area contributed by atoms with Gasteiger partial charge in [-0.05, 0) is 20.8 Å². The lowest BCUT2D eigenvalue weighted by molar-refractivity contribution is -0.155. The molecule has 2 aromatic rings. The van der Waals surface area contributed by atoms with Gasteiger partial charge in [-0.25, -0.2) is 9.78 Å². The molecular formula is C19H20N4O5S. The van der Waals surface area contributed by atoms with Gasteiger partial charge < -0.3 is 10.1 Å². The van der Waals surface area contributed by atoms with Gasteiger partial charge in [0, 0.05) is 10.9 Å². The number of anilines is 1. The number of carbonyl (C=O) groups excluding carboxylic acids is 4. The summed E-state index contributed by atoms with van der Waals surface area (Å²) < 4.78 is 5.05. The standard InChI is InChI=1S/C19H20N4O5S/c1-11(28-14(24)9-23-16(26)19(2,3)22-18(23)27)15(25)21-17-20-13(10-29-17)12-7-5-4-6-8-12/h4-8,10-11H,9H2,1-3H3,(H,22,27)(H,20,21,25). The fourth-order valence-electron chi connectivity index (χ4n) is 2.66. The first kappa shape index (κ1) is 20.5. The highest BCUT2D eigenvalue weighted by atomic mass is 32.1. The van der Waals surface area contributed by atoms with Crippen LogP contribution in [-0.4, -0.2) is 51.9 Å². The molecule has 1 aliphatic heterocycles. The first-order valence-electron chi connectivity index (χ1n) is 8.83. The lowest BCUT2D eigenvalue weighted by Crippen LogP contribution is -2.42. The number of hydrogen-bond donors (Lipinski definition) is 2. The van der Waals surface area contributed by atoms with E-state index in [4.69, 9.17) is 4.74 Å². The molecular weight excluding hydrogens is 396 g/mol. The maximum atomic E-state index is 12.3. The first-order chi connectivity index (χ1) is 13.7. The van der Waals surface area contributed by atoms with Crippen LogP contribution in [0, 0.1) is 0 Å². The number of amides is 4. The summed E-state index contributed by atoms with van der Waals surface area (Å²) in [5.74, 6) is -1.96. The zero-order valence-electron chi connectivity index (χ0n) is 16.1. The number of benzene rings is 1. The van der Waals surface area contributed by atoms with Gasteiger partial charge in [-0.1, -0.05) is 30.3 Å². The van der Waals surface area contributed by atoms with Crippen LogP contribution in [-0.2, 0) is 19.1 Å². The lowest BCUT2D eigenvalue weighted by atomic mass is 10.1. The Labute approximate surface area is 171 Å². The van der Waals surface area contributed by atoms with E-state index < -0.39 is 42.0 Å². The highest BCUT2D eigenvalue weighted by Gasteiger charge is 2.45. The van der Waals surface area contributed by atoms with Crippen LogP contribution in [0.2, 0.25) is 0 Å². The van der Waals surface area contributed by atoms with Crippen LogP contribution in [0.1, 0.15) is 20.8 Å². The van der Waals surface area contributed by atoms with Crippen molar-refractivity contribution < 1.29 is 23.9 Å². The van der Waals surface area contributed by atoms with Crippen LogP contribution in [0.15, 0.2) is 35.7 Å². The van der Waals surface area contributed by atoms with E-state index in [-0.39, 0.29) is 0 Å². The van der Waals surface area contributed by atoms with E-state index in [9.17, 15) is 19.2 Å². The van der Waals surface area contributed by atoms with Gasteiger partial charge in [0.15, 0.2) is 11.2 Å². The molecule has 1 atom stereocenters. The van der Waals surface area contributed by atoms with Crippen LogP contribution in [0.4, 0.5) is 9.93 Å². The monoisotopic (exact) mass is 416 g/mol. The summed E-state index contributed by atoms with van der Waals surface area (Å²) in [5, 5.41) is 7.23. The van der Waals surface area contributed by atoms with E-state index in [0.29, 0.717) is 5.13 Å². The van der Waals surface area contributed by atoms with Crippen LogP contribution >= 0.6 is 11.3 Å². The maximum Gasteiger partial charge on any atom is 0.327 e. The molecule has 1 aromatic carbocycles. The Bertz CT molecular complexity index is 957. The molecule has 2 heterocycles. The Morgan fingerprint density at radius 1 is 1.28 bits per heavy atom. The second-order valence-electron chi connectivity index (χ2n) is 6.97. The topological polar surface area (TPSA) is 118 Å². The predicted octanol–water partition coefficient (Wildman–Crippen LogP) is 2.01. The first-order valence-corrected chi connectivity index (χ1v) is 9.71. The average molecular weight is 416 g/mol. The zero-order chi connectivity index (χ0) is 21.2. The molecule has 4 amide bonds. The summed E-state index contributed by atoms with van der Waals surface area (Å²) in [7, 11) is 0. The Hall–Kier alpha value is -3.27. The largest absolute Gasteiger partial charge is 0.451 e. The molecule has 10 heteroatoms. The predicted molar refractivity (Wildman–Crippen MR) is 106 cm³/mol. The summed E-state index contributed by atoms with van der Waals surface area (Å²) in [6.45, 7) is 3.90. The van der Waals surface area contributed by atoms with Gasteiger partial charge in [0.1, 0.15) is 12.1 Å². The van der Waals surface area contributed by atoms with Crippen molar-refractivity contribution in [3.05, 3.63) is 35.7 Å². The molecule has 0 saturated carbocycles. The number of thiazole rings is 1. The average Bonchev–Trinajstić information content (AvgIpc) is 3.20. The maximum absolute atomic E-state index is 12.3. The van der Waals surface area contributed by atoms with Crippen molar-refractivity contribution in [1.82, 2.24) is 15.2 Å². The molecule has 0 radical (unpaired) electrons. The quantitative estimate of drug-likeness (QED) is 0.549. The third-order valence-electron chi connectivity index (χ3n) is 4.21. The number of ether oxygens (including phenoxy) is 1. The molecule has 1 aromatic heterocycles. The van der Waals surface area contributed by atoms with Gasteiger partial charge in [0.25, 0.3) is 11.8 Å². The van der Waals surface area contributed by atoms with Crippen LogP contribution in [0.5, 0.6) is 0 Å². The fraction of sp³-hybridized carbons (Fsp3) is 0.316. The molecule has 2 N–H and O–H groups in total. The van der Waals surface area contributed by atoms with Gasteiger partial charge in [-0.15, -0.1) is 11.3 Å². The molecule has 1 saturated heterocycles. The fourth-order valence-corrected chi connectivity index (χ4v) is 3.38. The molecule has 29 heavy (non-hydrogen) atoms. The summed E-state index contributed by atoms with van der Waals surface area (Å²) in [4.78, 5) is 53.4. The Kier molecular flexibility index (Phi) is 5.64. The number of imide groups is 1. The minimum atomic E-state index is -1.12. The third-order valence-corrected chi connectivity index (χ3v) is 4.97. The van der Waals surface area contributed by atoms with Gasteiger partial charge in [0.05, 0.1) is 5.69 Å². The molecule has 3 rings (SSSR count). The molecule has 0 bridgehead atoms. The number of hydrogen-bond acceptors (Lipinski definition) is 7. The van der Waals surface area contributed by atoms with E-state index in [1.165, 1.54) is 32.1 Å². The van der Waals surface area contributed by atoms with E-state index >= 15 is 0 Å². The number of urea groups is 1. The second kappa shape index (κ2) is 8.00. The zero-order valence-corrected chi connectivity index (χ0v) is 16.9. The highest BCUT2D eigenvalue weighted by Crippen LogP contribution is 2.24. The third kappa shape index (κ3) is 4.60. The summed E-state index contributed by atoms with van der Waals surface area (Å²) in [6, 6.07) is 8.81. The number of nitrogens with one attached hydrogen (secondary N) is 2. The number of nitrogens with zero attached hydrogens (tertiary/aromatic N) is 2. The van der Waals surface area contributed by atoms with Crippen LogP contribution in [0.25, 0.3) is 11.3 Å². The number of rotatable bonds is 6. The van der Waals surface area contributed by atoms with Gasteiger partial charge in [-0.3, -0.25) is 24.6 Å². The van der Waals surface area contributed by atoms with E-state index in [1.807, 2.05) is 30.3 Å². The smallest absolute Gasteiger partial charge is 0.327 e. The van der Waals surface area contributed by atoms with Crippen LogP contribution in [0.3, 0.4) is 0 Å². The summed E-state index contributed by atoms with van der Waals surface area (Å²) in [6.07, 6.45) is -1.12. The van der Waals surface area contributed by atoms with E-state index in [1.54, 1.807) is 5.38 Å². The van der Waals surface area contributed by atoms with Gasteiger partial charge in [-0.2, -0.15) is 0 Å². The van der Waals surface area contributed by atoms with Crippen molar-refractivity contribution in [3.8, 4) is 11.3 Å². The van der Waals surface area contributed by atoms with Gasteiger partial charge in [0.2, 0.25) is 0 Å². The molecule has 9 nitrogen and oxygen atoms in total. The SMILES string of the molecule is CC(OC(=O)CN1C(=O)NC(C)(C)C1=O)C(=O)Nc1nc(-c2ccccc2)cs1. The Morgan fingerprint density at radius 2 is 1.97 bits per heavy atom. The second-order valence-corrected chi connectivity index (χ2v) is 7.83. The van der Waals surface area contributed by atoms with E-state index in [2.05, 4.69) is 15.6 Å². The number of carbonyl (C=O) groups is 4. The lowest BCUT2D eigenvalue weighted by Gasteiger charge is -2.17. The summed E-state index contributed by atoms with van der Waals surface area (Å²) >= 11 is 1.25. The van der Waals surface area contributed by atoms with E-state index in [0.717, 1.165) is 16.2 Å². The normalized spacial score (nSPS) is 16.3. The molecule has 152 valence electrons. The minimum absolute atomic E-state index is 0.368. The molecule has 1 fully saturated rings. The van der Waals surface area contributed by atoms with Crippen molar-refractivity contribution in [3.63, 3.8) is 0 Å². The highest BCUT2D eigenvalue weighted by molar-refractivity contribution is 7.14. The molecule has 0 aliphatic carbocycles. The number of aromatic nitrogens is 1. The Balaban J connectivity index is 1.54. The van der Waals surface area contributed by atoms with Gasteiger partial charge >= 0.3 is 12.0 Å². The van der Waals surface area contributed by atoms with Crippen molar-refractivity contribution in [2.75, 3.05) is 11.9 Å². The number of esters is 1. The van der Waals surface area contributed by atoms with Crippen molar-refractivity contribution >= 4 is 40.3 Å².